The van der Waals surface area contributed by atoms with E-state index in [4.69, 9.17) is 0 Å². The number of piperazine rings is 1. The fraction of sp³-hybridized carbons (Fsp3) is 0.467. The van der Waals surface area contributed by atoms with Crippen LogP contribution in [0.15, 0.2) is 18.3 Å². The molecule has 0 saturated carbocycles. The summed E-state index contributed by atoms with van der Waals surface area (Å²) in [7, 11) is 2.22. The van der Waals surface area contributed by atoms with Crippen LogP contribution in [0.4, 0.5) is 0 Å². The summed E-state index contributed by atoms with van der Waals surface area (Å²) in [6, 6.07) is 4.99. The lowest BCUT2D eigenvalue weighted by atomic mass is 9.98. The van der Waals surface area contributed by atoms with Gasteiger partial charge in [-0.1, -0.05) is 6.07 Å². The Hall–Kier alpha value is -1.32. The van der Waals surface area contributed by atoms with Crippen LogP contribution in [0, 0.1) is 13.8 Å². The van der Waals surface area contributed by atoms with Crippen molar-refractivity contribution < 1.29 is 0 Å². The molecule has 1 aliphatic rings. The van der Waals surface area contributed by atoms with Gasteiger partial charge >= 0.3 is 0 Å². The SMILES string of the molecule is Cc1cc(C)c2c(C3CNCCN3C)c[nH]c2c1. The van der Waals surface area contributed by atoms with Crippen molar-refractivity contribution in [2.24, 2.45) is 0 Å². The number of H-pyrrole nitrogens is 1. The molecule has 1 saturated heterocycles. The van der Waals surface area contributed by atoms with Crippen LogP contribution in [0.5, 0.6) is 0 Å². The number of aryl methyl sites for hydroxylation is 2. The van der Waals surface area contributed by atoms with Crippen LogP contribution in [0.1, 0.15) is 22.7 Å². The normalized spacial score (nSPS) is 21.6. The van der Waals surface area contributed by atoms with Crippen molar-refractivity contribution >= 4 is 10.9 Å². The average Bonchev–Trinajstić information content (AvgIpc) is 2.73. The molecule has 3 rings (SSSR count). The smallest absolute Gasteiger partial charge is 0.0491 e. The minimum atomic E-state index is 0.480. The topological polar surface area (TPSA) is 31.1 Å². The highest BCUT2D eigenvalue weighted by Gasteiger charge is 2.23. The zero-order valence-electron chi connectivity index (χ0n) is 11.4. The maximum atomic E-state index is 3.49. The summed E-state index contributed by atoms with van der Waals surface area (Å²) in [6.45, 7) is 7.61. The summed E-state index contributed by atoms with van der Waals surface area (Å²) in [5, 5.41) is 4.90. The highest BCUT2D eigenvalue weighted by atomic mass is 15.2. The molecule has 0 spiro atoms. The van der Waals surface area contributed by atoms with Crippen molar-refractivity contribution in [3.63, 3.8) is 0 Å². The minimum Gasteiger partial charge on any atom is -0.361 e. The fourth-order valence-electron chi connectivity index (χ4n) is 3.11. The van der Waals surface area contributed by atoms with Crippen LogP contribution >= 0.6 is 0 Å². The van der Waals surface area contributed by atoms with Gasteiger partial charge in [-0.3, -0.25) is 4.90 Å². The van der Waals surface area contributed by atoms with Gasteiger partial charge in [0.2, 0.25) is 0 Å². The number of nitrogens with one attached hydrogen (secondary N) is 2. The van der Waals surface area contributed by atoms with E-state index in [9.17, 15) is 0 Å². The van der Waals surface area contributed by atoms with Gasteiger partial charge in [0.25, 0.3) is 0 Å². The van der Waals surface area contributed by atoms with Gasteiger partial charge in [-0.15, -0.1) is 0 Å². The molecule has 1 aromatic heterocycles. The van der Waals surface area contributed by atoms with Gasteiger partial charge < -0.3 is 10.3 Å². The second-order valence-corrected chi connectivity index (χ2v) is 5.45. The number of hydrogen-bond acceptors (Lipinski definition) is 2. The predicted octanol–water partition coefficient (Wildman–Crippen LogP) is 2.36. The Morgan fingerprint density at radius 3 is 2.89 bits per heavy atom. The van der Waals surface area contributed by atoms with E-state index in [0.29, 0.717) is 6.04 Å². The number of aromatic amines is 1. The Morgan fingerprint density at radius 2 is 2.11 bits per heavy atom. The summed E-state index contributed by atoms with van der Waals surface area (Å²) < 4.78 is 0. The number of benzene rings is 1. The van der Waals surface area contributed by atoms with Crippen molar-refractivity contribution in [1.82, 2.24) is 15.2 Å². The first-order chi connectivity index (χ1) is 8.66. The Balaban J connectivity index is 2.12. The lowest BCUT2D eigenvalue weighted by molar-refractivity contribution is 0.203. The zero-order chi connectivity index (χ0) is 12.7. The number of aromatic nitrogens is 1. The van der Waals surface area contributed by atoms with E-state index in [1.165, 1.54) is 27.6 Å². The highest BCUT2D eigenvalue weighted by Crippen LogP contribution is 2.31. The van der Waals surface area contributed by atoms with Crippen molar-refractivity contribution in [1.29, 1.82) is 0 Å². The molecule has 0 radical (unpaired) electrons. The number of likely N-dealkylation sites (N-methyl/N-ethyl adjacent to an activating group) is 1. The molecule has 18 heavy (non-hydrogen) atoms. The first kappa shape index (κ1) is 11.8. The Labute approximate surface area is 108 Å². The first-order valence-corrected chi connectivity index (χ1v) is 6.66. The average molecular weight is 243 g/mol. The predicted molar refractivity (Wildman–Crippen MR) is 76.0 cm³/mol. The molecule has 0 aliphatic carbocycles. The van der Waals surface area contributed by atoms with Gasteiger partial charge in [-0.2, -0.15) is 0 Å². The van der Waals surface area contributed by atoms with Gasteiger partial charge in [0.1, 0.15) is 0 Å². The lowest BCUT2D eigenvalue weighted by Gasteiger charge is -2.33. The Kier molecular flexibility index (Phi) is 2.88. The van der Waals surface area contributed by atoms with Crippen LogP contribution in [0.3, 0.4) is 0 Å². The fourth-order valence-corrected chi connectivity index (χ4v) is 3.11. The minimum absolute atomic E-state index is 0.480. The number of rotatable bonds is 1. The molecule has 1 unspecified atom stereocenters. The molecule has 1 atom stereocenters. The Morgan fingerprint density at radius 1 is 1.28 bits per heavy atom. The zero-order valence-corrected chi connectivity index (χ0v) is 11.4. The van der Waals surface area contributed by atoms with E-state index < -0.39 is 0 Å². The standard InChI is InChI=1S/C15H21N3/c1-10-6-11(2)15-12(8-17-13(15)7-10)14-9-16-4-5-18(14)3/h6-8,14,16-17H,4-5,9H2,1-3H3. The third-order valence-electron chi connectivity index (χ3n) is 4.02. The van der Waals surface area contributed by atoms with Gasteiger partial charge in [-0.05, 0) is 43.7 Å². The maximum Gasteiger partial charge on any atom is 0.0491 e. The third-order valence-corrected chi connectivity index (χ3v) is 4.02. The van der Waals surface area contributed by atoms with Crippen LogP contribution in [0.25, 0.3) is 10.9 Å². The molecule has 2 N–H and O–H groups in total. The summed E-state index contributed by atoms with van der Waals surface area (Å²) in [5.41, 5.74) is 5.39. The molecule has 3 nitrogen and oxygen atoms in total. The van der Waals surface area contributed by atoms with E-state index in [-0.39, 0.29) is 0 Å². The van der Waals surface area contributed by atoms with E-state index in [1.54, 1.807) is 0 Å². The second-order valence-electron chi connectivity index (χ2n) is 5.45. The number of hydrogen-bond donors (Lipinski definition) is 2. The van der Waals surface area contributed by atoms with E-state index in [0.717, 1.165) is 19.6 Å². The number of fused-ring (bicyclic) bond motifs is 1. The third kappa shape index (κ3) is 1.84. The van der Waals surface area contributed by atoms with Crippen LogP contribution in [-0.4, -0.2) is 36.6 Å². The molecule has 2 heterocycles. The van der Waals surface area contributed by atoms with Crippen molar-refractivity contribution in [2.75, 3.05) is 26.7 Å². The lowest BCUT2D eigenvalue weighted by Crippen LogP contribution is -2.43. The molecule has 96 valence electrons. The van der Waals surface area contributed by atoms with Crippen molar-refractivity contribution in [3.8, 4) is 0 Å². The first-order valence-electron chi connectivity index (χ1n) is 6.66. The van der Waals surface area contributed by atoms with Gasteiger partial charge in [-0.25, -0.2) is 0 Å². The van der Waals surface area contributed by atoms with Crippen molar-refractivity contribution in [2.45, 2.75) is 19.9 Å². The van der Waals surface area contributed by atoms with E-state index in [1.807, 2.05) is 0 Å². The Bertz CT molecular complexity index is 570. The van der Waals surface area contributed by atoms with Crippen LogP contribution in [0.2, 0.25) is 0 Å². The quantitative estimate of drug-likeness (QED) is 0.805. The van der Waals surface area contributed by atoms with E-state index in [2.05, 4.69) is 54.4 Å². The molecular weight excluding hydrogens is 222 g/mol. The van der Waals surface area contributed by atoms with Gasteiger partial charge in [0, 0.05) is 42.8 Å². The summed E-state index contributed by atoms with van der Waals surface area (Å²) in [4.78, 5) is 5.88. The summed E-state index contributed by atoms with van der Waals surface area (Å²) in [5.74, 6) is 0. The molecule has 0 amide bonds. The summed E-state index contributed by atoms with van der Waals surface area (Å²) in [6.07, 6.45) is 2.19. The molecule has 0 bridgehead atoms. The van der Waals surface area contributed by atoms with Gasteiger partial charge in [0.15, 0.2) is 0 Å². The number of nitrogens with zero attached hydrogens (tertiary/aromatic N) is 1. The van der Waals surface area contributed by atoms with Gasteiger partial charge in [0.05, 0.1) is 0 Å². The summed E-state index contributed by atoms with van der Waals surface area (Å²) >= 11 is 0. The molecule has 1 fully saturated rings. The van der Waals surface area contributed by atoms with Crippen LogP contribution < -0.4 is 5.32 Å². The monoisotopic (exact) mass is 243 g/mol. The van der Waals surface area contributed by atoms with Crippen LogP contribution in [-0.2, 0) is 0 Å². The largest absolute Gasteiger partial charge is 0.361 e. The molecule has 1 aromatic carbocycles. The molecule has 2 aromatic rings. The second kappa shape index (κ2) is 4.41. The highest BCUT2D eigenvalue weighted by molar-refractivity contribution is 5.87. The molecular formula is C15H21N3. The molecule has 3 heteroatoms. The molecule has 1 aliphatic heterocycles. The maximum absolute atomic E-state index is 3.49. The van der Waals surface area contributed by atoms with Crippen molar-refractivity contribution in [3.05, 3.63) is 35.0 Å². The van der Waals surface area contributed by atoms with E-state index >= 15 is 0 Å².